The standard InChI is InChI=1S/C17H22BrNO3/c1-3-19-10-8-14(20)17(11-19,16(21)22)9-7-13-6-4-5-12(2)15(13)18/h4-6H,3,7-11H2,1-2H3,(H,21,22). The zero-order valence-electron chi connectivity index (χ0n) is 13.1. The molecular formula is C17H22BrNO3. The fourth-order valence-corrected chi connectivity index (χ4v) is 3.54. The zero-order chi connectivity index (χ0) is 16.3. The lowest BCUT2D eigenvalue weighted by molar-refractivity contribution is -0.159. The summed E-state index contributed by atoms with van der Waals surface area (Å²) in [5.74, 6) is -1.12. The van der Waals surface area contributed by atoms with Gasteiger partial charge in [-0.25, -0.2) is 0 Å². The zero-order valence-corrected chi connectivity index (χ0v) is 14.6. The van der Waals surface area contributed by atoms with E-state index in [0.717, 1.165) is 22.1 Å². The lowest BCUT2D eigenvalue weighted by atomic mass is 9.74. The van der Waals surface area contributed by atoms with E-state index in [1.54, 1.807) is 0 Å². The third kappa shape index (κ3) is 3.25. The van der Waals surface area contributed by atoms with Crippen molar-refractivity contribution in [1.29, 1.82) is 0 Å². The van der Waals surface area contributed by atoms with E-state index in [1.807, 2.05) is 32.0 Å². The van der Waals surface area contributed by atoms with Crippen molar-refractivity contribution < 1.29 is 14.7 Å². The smallest absolute Gasteiger partial charge is 0.318 e. The van der Waals surface area contributed by atoms with Gasteiger partial charge >= 0.3 is 5.97 Å². The van der Waals surface area contributed by atoms with Gasteiger partial charge in [0.1, 0.15) is 5.41 Å². The minimum absolute atomic E-state index is 0.131. The van der Waals surface area contributed by atoms with E-state index in [-0.39, 0.29) is 5.78 Å². The first kappa shape index (κ1) is 17.2. The molecule has 1 heterocycles. The van der Waals surface area contributed by atoms with E-state index >= 15 is 0 Å². The number of halogens is 1. The topological polar surface area (TPSA) is 57.6 Å². The number of aryl methyl sites for hydroxylation is 2. The Hall–Kier alpha value is -1.20. The van der Waals surface area contributed by atoms with Gasteiger partial charge in [-0.1, -0.05) is 41.1 Å². The molecule has 1 unspecified atom stereocenters. The third-order valence-corrected chi connectivity index (χ3v) is 5.77. The fourth-order valence-electron chi connectivity index (χ4n) is 3.08. The van der Waals surface area contributed by atoms with Crippen molar-refractivity contribution in [1.82, 2.24) is 4.90 Å². The predicted molar refractivity (Wildman–Crippen MR) is 89.0 cm³/mol. The van der Waals surface area contributed by atoms with Gasteiger partial charge in [-0.15, -0.1) is 0 Å². The van der Waals surface area contributed by atoms with Crippen LogP contribution in [0.1, 0.15) is 30.9 Å². The highest BCUT2D eigenvalue weighted by molar-refractivity contribution is 9.10. The molecule has 1 N–H and O–H groups in total. The minimum atomic E-state index is -1.27. The molecule has 0 saturated carbocycles. The summed E-state index contributed by atoms with van der Waals surface area (Å²) in [5, 5.41) is 9.72. The summed E-state index contributed by atoms with van der Waals surface area (Å²) < 4.78 is 1.01. The Morgan fingerprint density at radius 2 is 2.18 bits per heavy atom. The average Bonchev–Trinajstić information content (AvgIpc) is 2.50. The monoisotopic (exact) mass is 367 g/mol. The van der Waals surface area contributed by atoms with Gasteiger partial charge in [0.05, 0.1) is 0 Å². The molecule has 0 aromatic heterocycles. The summed E-state index contributed by atoms with van der Waals surface area (Å²) in [4.78, 5) is 26.3. The van der Waals surface area contributed by atoms with Crippen LogP contribution in [0, 0.1) is 12.3 Å². The second-order valence-corrected chi connectivity index (χ2v) is 6.77. The van der Waals surface area contributed by atoms with Crippen LogP contribution in [-0.4, -0.2) is 41.4 Å². The van der Waals surface area contributed by atoms with E-state index < -0.39 is 11.4 Å². The number of likely N-dealkylation sites (tertiary alicyclic amines) is 1. The highest BCUT2D eigenvalue weighted by Gasteiger charge is 2.48. The van der Waals surface area contributed by atoms with Gasteiger partial charge in [0.15, 0.2) is 5.78 Å². The summed E-state index contributed by atoms with van der Waals surface area (Å²) in [6.07, 6.45) is 1.26. The van der Waals surface area contributed by atoms with Crippen LogP contribution in [-0.2, 0) is 16.0 Å². The molecule has 1 atom stereocenters. The second kappa shape index (κ2) is 6.92. The SMILES string of the molecule is CCN1CCC(=O)C(CCc2cccc(C)c2Br)(C(=O)O)C1. The summed E-state index contributed by atoms with van der Waals surface area (Å²) in [6.45, 7) is 5.76. The van der Waals surface area contributed by atoms with E-state index in [0.29, 0.717) is 32.4 Å². The van der Waals surface area contributed by atoms with E-state index in [1.165, 1.54) is 0 Å². The number of piperidine rings is 1. The maximum atomic E-state index is 12.4. The maximum absolute atomic E-state index is 12.4. The highest BCUT2D eigenvalue weighted by atomic mass is 79.9. The first-order valence-corrected chi connectivity index (χ1v) is 8.43. The van der Waals surface area contributed by atoms with Crippen LogP contribution in [0.3, 0.4) is 0 Å². The van der Waals surface area contributed by atoms with Crippen LogP contribution in [0.2, 0.25) is 0 Å². The van der Waals surface area contributed by atoms with Crippen molar-refractivity contribution in [2.24, 2.45) is 5.41 Å². The first-order valence-electron chi connectivity index (χ1n) is 7.63. The van der Waals surface area contributed by atoms with Crippen LogP contribution in [0.4, 0.5) is 0 Å². The number of carbonyl (C=O) groups is 2. The number of hydrogen-bond donors (Lipinski definition) is 1. The van der Waals surface area contributed by atoms with Crippen molar-refractivity contribution in [2.45, 2.75) is 33.1 Å². The number of ketones is 1. The summed E-state index contributed by atoms with van der Waals surface area (Å²) in [7, 11) is 0. The molecule has 120 valence electrons. The molecule has 4 nitrogen and oxygen atoms in total. The molecule has 1 aromatic carbocycles. The minimum Gasteiger partial charge on any atom is -0.480 e. The number of benzene rings is 1. The Labute approximate surface area is 139 Å². The van der Waals surface area contributed by atoms with Crippen LogP contribution >= 0.6 is 15.9 Å². The quantitative estimate of drug-likeness (QED) is 0.812. The van der Waals surface area contributed by atoms with Gasteiger partial charge in [-0.2, -0.15) is 0 Å². The third-order valence-electron chi connectivity index (χ3n) is 4.63. The van der Waals surface area contributed by atoms with Gasteiger partial charge in [0.25, 0.3) is 0 Å². The molecule has 1 aromatic rings. The number of rotatable bonds is 5. The van der Waals surface area contributed by atoms with Crippen molar-refractivity contribution >= 4 is 27.7 Å². The molecule has 0 aliphatic carbocycles. The molecule has 1 aliphatic heterocycles. The lowest BCUT2D eigenvalue weighted by Crippen LogP contribution is -2.53. The van der Waals surface area contributed by atoms with Gasteiger partial charge in [-0.05, 0) is 37.4 Å². The van der Waals surface area contributed by atoms with Crippen LogP contribution < -0.4 is 0 Å². The van der Waals surface area contributed by atoms with Gasteiger partial charge in [0.2, 0.25) is 0 Å². The maximum Gasteiger partial charge on any atom is 0.318 e. The molecule has 0 bridgehead atoms. The highest BCUT2D eigenvalue weighted by Crippen LogP contribution is 2.34. The average molecular weight is 368 g/mol. The molecule has 1 fully saturated rings. The summed E-state index contributed by atoms with van der Waals surface area (Å²) in [6, 6.07) is 5.95. The Kier molecular flexibility index (Phi) is 5.40. The number of nitrogens with zero attached hydrogens (tertiary/aromatic N) is 1. The predicted octanol–water partition coefficient (Wildman–Crippen LogP) is 3.06. The second-order valence-electron chi connectivity index (χ2n) is 5.98. The fraction of sp³-hybridized carbons (Fsp3) is 0.529. The molecule has 0 radical (unpaired) electrons. The van der Waals surface area contributed by atoms with Crippen molar-refractivity contribution in [3.8, 4) is 0 Å². The molecular weight excluding hydrogens is 346 g/mol. The van der Waals surface area contributed by atoms with E-state index in [4.69, 9.17) is 0 Å². The lowest BCUT2D eigenvalue weighted by Gasteiger charge is -2.38. The number of carboxylic acids is 1. The van der Waals surface area contributed by atoms with Crippen molar-refractivity contribution in [2.75, 3.05) is 19.6 Å². The summed E-state index contributed by atoms with van der Waals surface area (Å²) >= 11 is 3.56. The number of aliphatic carboxylic acids is 1. The van der Waals surface area contributed by atoms with Crippen molar-refractivity contribution in [3.63, 3.8) is 0 Å². The summed E-state index contributed by atoms with van der Waals surface area (Å²) in [5.41, 5.74) is 0.909. The van der Waals surface area contributed by atoms with Crippen LogP contribution in [0.15, 0.2) is 22.7 Å². The molecule has 0 amide bonds. The molecule has 1 saturated heterocycles. The van der Waals surface area contributed by atoms with Crippen LogP contribution in [0.25, 0.3) is 0 Å². The van der Waals surface area contributed by atoms with E-state index in [2.05, 4.69) is 20.8 Å². The number of carboxylic acid groups (broad SMARTS) is 1. The van der Waals surface area contributed by atoms with E-state index in [9.17, 15) is 14.7 Å². The molecule has 0 spiro atoms. The number of hydrogen-bond acceptors (Lipinski definition) is 3. The Morgan fingerprint density at radius 1 is 1.45 bits per heavy atom. The normalized spacial score (nSPS) is 22.8. The number of carbonyl (C=O) groups excluding carboxylic acids is 1. The number of Topliss-reactive ketones (excluding diaryl/α,β-unsaturated/α-hetero) is 1. The first-order chi connectivity index (χ1) is 10.4. The Bertz CT molecular complexity index is 587. The Balaban J connectivity index is 2.23. The van der Waals surface area contributed by atoms with Gasteiger partial charge in [-0.3, -0.25) is 9.59 Å². The Morgan fingerprint density at radius 3 is 2.82 bits per heavy atom. The molecule has 22 heavy (non-hydrogen) atoms. The molecule has 2 rings (SSSR count). The van der Waals surface area contributed by atoms with Crippen molar-refractivity contribution in [3.05, 3.63) is 33.8 Å². The van der Waals surface area contributed by atoms with Gasteiger partial charge in [0, 0.05) is 24.0 Å². The van der Waals surface area contributed by atoms with Gasteiger partial charge < -0.3 is 10.0 Å². The molecule has 1 aliphatic rings. The largest absolute Gasteiger partial charge is 0.480 e. The molecule has 5 heteroatoms. The van der Waals surface area contributed by atoms with Crippen LogP contribution in [0.5, 0.6) is 0 Å².